The Kier molecular flexibility index (Phi) is 5.39. The Morgan fingerprint density at radius 3 is 1.80 bits per heavy atom. The van der Waals surface area contributed by atoms with Crippen molar-refractivity contribution in [2.45, 2.75) is 0 Å². The lowest BCUT2D eigenvalue weighted by Crippen LogP contribution is -2.19. The standard InChI is InChI=1S/C20H17N3OS/c24-19(21-16-9-3-1-4-10-16)15-8-7-13-18(14-15)23-20(25)22-17-11-5-2-6-12-17/h1-14H,(H,21,24)(H2,22,23,25). The minimum Gasteiger partial charge on any atom is -0.332 e. The molecule has 0 saturated heterocycles. The van der Waals surface area contributed by atoms with Crippen molar-refractivity contribution in [2.75, 3.05) is 16.0 Å². The quantitative estimate of drug-likeness (QED) is 0.596. The maximum Gasteiger partial charge on any atom is 0.255 e. The second kappa shape index (κ2) is 8.08. The minimum atomic E-state index is -0.170. The van der Waals surface area contributed by atoms with Crippen molar-refractivity contribution >= 4 is 40.3 Å². The van der Waals surface area contributed by atoms with Crippen molar-refractivity contribution in [3.8, 4) is 0 Å². The Bertz CT molecular complexity index is 866. The summed E-state index contributed by atoms with van der Waals surface area (Å²) in [5.74, 6) is -0.170. The molecule has 0 bridgehead atoms. The van der Waals surface area contributed by atoms with Gasteiger partial charge in [-0.05, 0) is 54.7 Å². The summed E-state index contributed by atoms with van der Waals surface area (Å²) >= 11 is 5.31. The predicted octanol–water partition coefficient (Wildman–Crippen LogP) is 4.75. The largest absolute Gasteiger partial charge is 0.332 e. The van der Waals surface area contributed by atoms with Crippen LogP contribution < -0.4 is 16.0 Å². The molecule has 0 spiro atoms. The van der Waals surface area contributed by atoms with Crippen LogP contribution in [0.15, 0.2) is 84.9 Å². The van der Waals surface area contributed by atoms with Gasteiger partial charge in [0.25, 0.3) is 5.91 Å². The minimum absolute atomic E-state index is 0.170. The molecule has 0 saturated carbocycles. The number of carbonyl (C=O) groups excluding carboxylic acids is 1. The van der Waals surface area contributed by atoms with E-state index in [0.717, 1.165) is 17.1 Å². The number of carbonyl (C=O) groups is 1. The van der Waals surface area contributed by atoms with Gasteiger partial charge in [0.05, 0.1) is 0 Å². The lowest BCUT2D eigenvalue weighted by molar-refractivity contribution is 0.102. The van der Waals surface area contributed by atoms with Crippen molar-refractivity contribution in [1.29, 1.82) is 0 Å². The van der Waals surface area contributed by atoms with Gasteiger partial charge < -0.3 is 16.0 Å². The van der Waals surface area contributed by atoms with E-state index in [-0.39, 0.29) is 5.91 Å². The predicted molar refractivity (Wildman–Crippen MR) is 107 cm³/mol. The molecule has 0 aliphatic rings. The lowest BCUT2D eigenvalue weighted by atomic mass is 10.2. The monoisotopic (exact) mass is 347 g/mol. The molecule has 4 nitrogen and oxygen atoms in total. The van der Waals surface area contributed by atoms with Crippen LogP contribution in [-0.4, -0.2) is 11.0 Å². The summed E-state index contributed by atoms with van der Waals surface area (Å²) in [5.41, 5.74) is 2.95. The van der Waals surface area contributed by atoms with Crippen molar-refractivity contribution in [1.82, 2.24) is 0 Å². The number of hydrogen-bond acceptors (Lipinski definition) is 2. The van der Waals surface area contributed by atoms with E-state index in [2.05, 4.69) is 16.0 Å². The first kappa shape index (κ1) is 16.7. The summed E-state index contributed by atoms with van der Waals surface area (Å²) in [6.45, 7) is 0. The summed E-state index contributed by atoms with van der Waals surface area (Å²) in [6.07, 6.45) is 0. The van der Waals surface area contributed by atoms with E-state index in [1.54, 1.807) is 12.1 Å². The summed E-state index contributed by atoms with van der Waals surface area (Å²) in [4.78, 5) is 12.4. The van der Waals surface area contributed by atoms with Crippen LogP contribution in [0, 0.1) is 0 Å². The van der Waals surface area contributed by atoms with Gasteiger partial charge in [0.1, 0.15) is 0 Å². The Morgan fingerprint density at radius 1 is 0.640 bits per heavy atom. The Morgan fingerprint density at radius 2 is 1.16 bits per heavy atom. The van der Waals surface area contributed by atoms with E-state index < -0.39 is 0 Å². The molecule has 1 amide bonds. The number of amides is 1. The topological polar surface area (TPSA) is 53.2 Å². The van der Waals surface area contributed by atoms with E-state index in [1.165, 1.54) is 0 Å². The zero-order valence-electron chi connectivity index (χ0n) is 13.4. The number of rotatable bonds is 4. The molecule has 0 fully saturated rings. The van der Waals surface area contributed by atoms with Crippen LogP contribution in [0.4, 0.5) is 17.1 Å². The SMILES string of the molecule is O=C(Nc1ccccc1)c1cccc(NC(=S)Nc2ccccc2)c1. The summed E-state index contributed by atoms with van der Waals surface area (Å²) in [5, 5.41) is 9.52. The van der Waals surface area contributed by atoms with Crippen LogP contribution in [0.1, 0.15) is 10.4 Å². The zero-order valence-corrected chi connectivity index (χ0v) is 14.2. The summed E-state index contributed by atoms with van der Waals surface area (Å²) in [6, 6.07) is 26.2. The number of thiocarbonyl (C=S) groups is 1. The van der Waals surface area contributed by atoms with Crippen molar-refractivity contribution in [3.63, 3.8) is 0 Å². The fourth-order valence-corrected chi connectivity index (χ4v) is 2.51. The molecule has 124 valence electrons. The van der Waals surface area contributed by atoms with Crippen molar-refractivity contribution in [2.24, 2.45) is 0 Å². The molecular formula is C20H17N3OS. The van der Waals surface area contributed by atoms with Crippen molar-refractivity contribution < 1.29 is 4.79 Å². The van der Waals surface area contributed by atoms with Crippen LogP contribution in [0.2, 0.25) is 0 Å². The average molecular weight is 347 g/mol. The molecule has 3 rings (SSSR count). The first-order valence-electron chi connectivity index (χ1n) is 7.80. The van der Waals surface area contributed by atoms with Crippen LogP contribution in [0.5, 0.6) is 0 Å². The van der Waals surface area contributed by atoms with Crippen LogP contribution >= 0.6 is 12.2 Å². The highest BCUT2D eigenvalue weighted by Gasteiger charge is 2.07. The van der Waals surface area contributed by atoms with Gasteiger partial charge in [0, 0.05) is 22.6 Å². The second-order valence-corrected chi connectivity index (χ2v) is 5.75. The Hall–Kier alpha value is -3.18. The smallest absolute Gasteiger partial charge is 0.255 e. The highest BCUT2D eigenvalue weighted by atomic mass is 32.1. The molecule has 0 aromatic heterocycles. The third kappa shape index (κ3) is 4.89. The van der Waals surface area contributed by atoms with Gasteiger partial charge in [-0.2, -0.15) is 0 Å². The number of benzene rings is 3. The lowest BCUT2D eigenvalue weighted by Gasteiger charge is -2.11. The highest BCUT2D eigenvalue weighted by Crippen LogP contribution is 2.14. The fourth-order valence-electron chi connectivity index (χ4n) is 2.28. The molecule has 5 heteroatoms. The van der Waals surface area contributed by atoms with Gasteiger partial charge in [-0.3, -0.25) is 4.79 Å². The normalized spacial score (nSPS) is 9.92. The summed E-state index contributed by atoms with van der Waals surface area (Å²) in [7, 11) is 0. The first-order chi connectivity index (χ1) is 12.2. The average Bonchev–Trinajstić information content (AvgIpc) is 2.63. The molecule has 0 heterocycles. The van der Waals surface area contributed by atoms with Crippen molar-refractivity contribution in [3.05, 3.63) is 90.5 Å². The third-order valence-electron chi connectivity index (χ3n) is 3.45. The van der Waals surface area contributed by atoms with E-state index in [0.29, 0.717) is 10.7 Å². The van der Waals surface area contributed by atoms with Crippen LogP contribution in [-0.2, 0) is 0 Å². The molecule has 3 aromatic carbocycles. The first-order valence-corrected chi connectivity index (χ1v) is 8.21. The van der Waals surface area contributed by atoms with E-state index >= 15 is 0 Å². The number of hydrogen-bond donors (Lipinski definition) is 3. The van der Waals surface area contributed by atoms with Crippen LogP contribution in [0.25, 0.3) is 0 Å². The van der Waals surface area contributed by atoms with Gasteiger partial charge >= 0.3 is 0 Å². The zero-order chi connectivity index (χ0) is 17.5. The molecule has 3 aromatic rings. The van der Waals surface area contributed by atoms with E-state index in [4.69, 9.17) is 12.2 Å². The molecule has 3 N–H and O–H groups in total. The van der Waals surface area contributed by atoms with Gasteiger partial charge in [-0.15, -0.1) is 0 Å². The molecule has 25 heavy (non-hydrogen) atoms. The highest BCUT2D eigenvalue weighted by molar-refractivity contribution is 7.80. The van der Waals surface area contributed by atoms with E-state index in [1.807, 2.05) is 72.8 Å². The summed E-state index contributed by atoms with van der Waals surface area (Å²) < 4.78 is 0. The molecule has 0 aliphatic carbocycles. The molecule has 0 radical (unpaired) electrons. The number of nitrogens with one attached hydrogen (secondary N) is 3. The fraction of sp³-hybridized carbons (Fsp3) is 0. The van der Waals surface area contributed by atoms with E-state index in [9.17, 15) is 4.79 Å². The van der Waals surface area contributed by atoms with Gasteiger partial charge in [-0.25, -0.2) is 0 Å². The number of anilines is 3. The maximum atomic E-state index is 12.4. The van der Waals surface area contributed by atoms with Gasteiger partial charge in [0.15, 0.2) is 5.11 Å². The maximum absolute atomic E-state index is 12.4. The van der Waals surface area contributed by atoms with Gasteiger partial charge in [0.2, 0.25) is 0 Å². The van der Waals surface area contributed by atoms with Gasteiger partial charge in [-0.1, -0.05) is 42.5 Å². The number of para-hydroxylation sites is 2. The molecule has 0 atom stereocenters. The second-order valence-electron chi connectivity index (χ2n) is 5.35. The Balaban J connectivity index is 1.65. The molecular weight excluding hydrogens is 330 g/mol. The molecule has 0 unspecified atom stereocenters. The molecule has 0 aliphatic heterocycles. The van der Waals surface area contributed by atoms with Crippen LogP contribution in [0.3, 0.4) is 0 Å². The third-order valence-corrected chi connectivity index (χ3v) is 3.65. The Labute approximate surface area is 151 Å².